The van der Waals surface area contributed by atoms with Gasteiger partial charge in [-0.3, -0.25) is 4.68 Å². The molecule has 0 amide bonds. The van der Waals surface area contributed by atoms with Gasteiger partial charge in [0.25, 0.3) is 0 Å². The first-order valence-corrected chi connectivity index (χ1v) is 7.53. The molecule has 2 aromatic heterocycles. The van der Waals surface area contributed by atoms with E-state index < -0.39 is 0 Å². The van der Waals surface area contributed by atoms with Crippen LogP contribution in [0.3, 0.4) is 0 Å². The standard InChI is InChI=1S/C17H22N4/c1-3-21-15(11-13(2)19-21)12-20-10-8-16-14(7-9-18)5-4-6-17(16)20/h4-6,8,10-11H,3,7,9,12,18H2,1-2H3. The quantitative estimate of drug-likeness (QED) is 0.782. The molecule has 3 aromatic rings. The summed E-state index contributed by atoms with van der Waals surface area (Å²) in [6, 6.07) is 10.8. The van der Waals surface area contributed by atoms with Crippen molar-refractivity contribution >= 4 is 10.9 Å². The summed E-state index contributed by atoms with van der Waals surface area (Å²) in [5.41, 5.74) is 10.6. The molecule has 0 saturated carbocycles. The molecule has 4 nitrogen and oxygen atoms in total. The fourth-order valence-electron chi connectivity index (χ4n) is 2.97. The molecule has 0 bridgehead atoms. The van der Waals surface area contributed by atoms with Crippen LogP contribution in [0.5, 0.6) is 0 Å². The summed E-state index contributed by atoms with van der Waals surface area (Å²) < 4.78 is 4.36. The number of benzene rings is 1. The number of hydrogen-bond donors (Lipinski definition) is 1. The Labute approximate surface area is 125 Å². The zero-order valence-corrected chi connectivity index (χ0v) is 12.7. The topological polar surface area (TPSA) is 48.8 Å². The minimum atomic E-state index is 0.687. The fraction of sp³-hybridized carbons (Fsp3) is 0.353. The normalized spacial score (nSPS) is 11.4. The van der Waals surface area contributed by atoms with E-state index in [1.165, 1.54) is 22.2 Å². The number of nitrogens with zero attached hydrogens (tertiary/aromatic N) is 3. The number of aryl methyl sites for hydroxylation is 2. The van der Waals surface area contributed by atoms with Crippen molar-refractivity contribution in [2.45, 2.75) is 33.4 Å². The largest absolute Gasteiger partial charge is 0.341 e. The van der Waals surface area contributed by atoms with Gasteiger partial charge >= 0.3 is 0 Å². The van der Waals surface area contributed by atoms with Gasteiger partial charge in [-0.2, -0.15) is 5.10 Å². The Balaban J connectivity index is 1.99. The maximum absolute atomic E-state index is 5.70. The van der Waals surface area contributed by atoms with E-state index in [1.807, 2.05) is 6.92 Å². The minimum absolute atomic E-state index is 0.687. The summed E-state index contributed by atoms with van der Waals surface area (Å²) >= 11 is 0. The van der Waals surface area contributed by atoms with Crippen LogP contribution in [0.2, 0.25) is 0 Å². The van der Waals surface area contributed by atoms with Gasteiger partial charge in [-0.25, -0.2) is 0 Å². The highest BCUT2D eigenvalue weighted by Gasteiger charge is 2.09. The Morgan fingerprint density at radius 2 is 2.10 bits per heavy atom. The summed E-state index contributed by atoms with van der Waals surface area (Å²) in [5, 5.41) is 5.83. The Kier molecular flexibility index (Phi) is 3.80. The molecule has 2 heterocycles. The smallest absolute Gasteiger partial charge is 0.0645 e. The number of fused-ring (bicyclic) bond motifs is 1. The third kappa shape index (κ3) is 2.59. The second-order valence-electron chi connectivity index (χ2n) is 5.43. The van der Waals surface area contributed by atoms with Gasteiger partial charge in [-0.1, -0.05) is 12.1 Å². The van der Waals surface area contributed by atoms with Crippen LogP contribution in [0.15, 0.2) is 36.5 Å². The SMILES string of the molecule is CCn1nc(C)cc1Cn1ccc2c(CCN)cccc21. The van der Waals surface area contributed by atoms with Crippen molar-refractivity contribution in [2.24, 2.45) is 5.73 Å². The summed E-state index contributed by atoms with van der Waals surface area (Å²) in [6.45, 7) is 6.61. The van der Waals surface area contributed by atoms with Gasteiger partial charge < -0.3 is 10.3 Å². The molecule has 0 spiro atoms. The molecule has 0 aliphatic rings. The molecule has 0 atom stereocenters. The third-order valence-electron chi connectivity index (χ3n) is 3.94. The van der Waals surface area contributed by atoms with Crippen LogP contribution in [-0.4, -0.2) is 20.9 Å². The van der Waals surface area contributed by atoms with Gasteiger partial charge in [0.2, 0.25) is 0 Å². The predicted molar refractivity (Wildman–Crippen MR) is 86.4 cm³/mol. The summed E-state index contributed by atoms with van der Waals surface area (Å²) in [5.74, 6) is 0. The zero-order chi connectivity index (χ0) is 14.8. The van der Waals surface area contributed by atoms with Gasteiger partial charge in [-0.15, -0.1) is 0 Å². The second kappa shape index (κ2) is 5.74. The molecule has 110 valence electrons. The third-order valence-corrected chi connectivity index (χ3v) is 3.94. The van der Waals surface area contributed by atoms with Crippen LogP contribution in [0.4, 0.5) is 0 Å². The van der Waals surface area contributed by atoms with Crippen molar-refractivity contribution in [3.8, 4) is 0 Å². The highest BCUT2D eigenvalue weighted by molar-refractivity contribution is 5.83. The molecule has 4 heteroatoms. The van der Waals surface area contributed by atoms with E-state index in [2.05, 4.69) is 57.8 Å². The summed E-state index contributed by atoms with van der Waals surface area (Å²) in [6.07, 6.45) is 3.08. The Bertz CT molecular complexity index is 751. The first-order valence-electron chi connectivity index (χ1n) is 7.53. The molecule has 21 heavy (non-hydrogen) atoms. The highest BCUT2D eigenvalue weighted by Crippen LogP contribution is 2.22. The average molecular weight is 282 g/mol. The van der Waals surface area contributed by atoms with Crippen LogP contribution < -0.4 is 5.73 Å². The molecule has 3 rings (SSSR count). The molecule has 0 aliphatic heterocycles. The lowest BCUT2D eigenvalue weighted by molar-refractivity contribution is 0.602. The number of aromatic nitrogens is 3. The molecule has 0 aliphatic carbocycles. The Hall–Kier alpha value is -2.07. The van der Waals surface area contributed by atoms with E-state index in [-0.39, 0.29) is 0 Å². The lowest BCUT2D eigenvalue weighted by Gasteiger charge is -2.08. The minimum Gasteiger partial charge on any atom is -0.341 e. The first-order chi connectivity index (χ1) is 10.2. The van der Waals surface area contributed by atoms with E-state index >= 15 is 0 Å². The molecule has 2 N–H and O–H groups in total. The van der Waals surface area contributed by atoms with Gasteiger partial charge in [-0.05, 0) is 50.6 Å². The Morgan fingerprint density at radius 3 is 2.86 bits per heavy atom. The molecular weight excluding hydrogens is 260 g/mol. The van der Waals surface area contributed by atoms with Crippen LogP contribution in [0.25, 0.3) is 10.9 Å². The van der Waals surface area contributed by atoms with E-state index in [0.717, 1.165) is 25.2 Å². The molecule has 0 unspecified atom stereocenters. The van der Waals surface area contributed by atoms with Crippen molar-refractivity contribution in [1.29, 1.82) is 0 Å². The van der Waals surface area contributed by atoms with Crippen molar-refractivity contribution in [3.05, 3.63) is 53.5 Å². The van der Waals surface area contributed by atoms with Crippen molar-refractivity contribution in [3.63, 3.8) is 0 Å². The van der Waals surface area contributed by atoms with Crippen LogP contribution >= 0.6 is 0 Å². The maximum atomic E-state index is 5.70. The summed E-state index contributed by atoms with van der Waals surface area (Å²) in [7, 11) is 0. The number of rotatable bonds is 5. The highest BCUT2D eigenvalue weighted by atomic mass is 15.3. The van der Waals surface area contributed by atoms with E-state index in [9.17, 15) is 0 Å². The molecule has 1 aromatic carbocycles. The fourth-order valence-corrected chi connectivity index (χ4v) is 2.97. The van der Waals surface area contributed by atoms with Crippen molar-refractivity contribution in [1.82, 2.24) is 14.3 Å². The Morgan fingerprint density at radius 1 is 1.24 bits per heavy atom. The monoisotopic (exact) mass is 282 g/mol. The number of hydrogen-bond acceptors (Lipinski definition) is 2. The number of nitrogens with two attached hydrogens (primary N) is 1. The van der Waals surface area contributed by atoms with Gasteiger partial charge in [0.1, 0.15) is 0 Å². The maximum Gasteiger partial charge on any atom is 0.0645 e. The summed E-state index contributed by atoms with van der Waals surface area (Å²) in [4.78, 5) is 0. The van der Waals surface area contributed by atoms with Crippen molar-refractivity contribution in [2.75, 3.05) is 6.54 Å². The van der Waals surface area contributed by atoms with E-state index in [4.69, 9.17) is 5.73 Å². The molecule has 0 saturated heterocycles. The average Bonchev–Trinajstić information content (AvgIpc) is 3.04. The molecular formula is C17H22N4. The second-order valence-corrected chi connectivity index (χ2v) is 5.43. The van der Waals surface area contributed by atoms with Gasteiger partial charge in [0.05, 0.1) is 17.9 Å². The van der Waals surface area contributed by atoms with Gasteiger partial charge in [0.15, 0.2) is 0 Å². The van der Waals surface area contributed by atoms with E-state index in [1.54, 1.807) is 0 Å². The van der Waals surface area contributed by atoms with Crippen LogP contribution in [0.1, 0.15) is 23.9 Å². The van der Waals surface area contributed by atoms with Crippen molar-refractivity contribution < 1.29 is 0 Å². The predicted octanol–water partition coefficient (Wildman–Crippen LogP) is 2.72. The van der Waals surface area contributed by atoms with Gasteiger partial charge in [0, 0.05) is 23.6 Å². The van der Waals surface area contributed by atoms with Crippen LogP contribution in [0, 0.1) is 6.92 Å². The molecule has 0 fully saturated rings. The van der Waals surface area contributed by atoms with Crippen LogP contribution in [-0.2, 0) is 19.5 Å². The van der Waals surface area contributed by atoms with E-state index in [0.29, 0.717) is 6.54 Å². The lowest BCUT2D eigenvalue weighted by atomic mass is 10.1. The first kappa shape index (κ1) is 13.9. The zero-order valence-electron chi connectivity index (χ0n) is 12.7. The molecule has 0 radical (unpaired) electrons. The lowest BCUT2D eigenvalue weighted by Crippen LogP contribution is -2.07.